The summed E-state index contributed by atoms with van der Waals surface area (Å²) in [6.45, 7) is 6.57. The van der Waals surface area contributed by atoms with Crippen molar-refractivity contribution < 1.29 is 23.9 Å². The molecule has 9 nitrogen and oxygen atoms in total. The van der Waals surface area contributed by atoms with E-state index < -0.39 is 11.7 Å². The van der Waals surface area contributed by atoms with Crippen LogP contribution in [0.4, 0.5) is 10.5 Å². The van der Waals surface area contributed by atoms with E-state index in [9.17, 15) is 14.4 Å². The first kappa shape index (κ1) is 38.7. The van der Waals surface area contributed by atoms with E-state index in [1.807, 2.05) is 176 Å². The van der Waals surface area contributed by atoms with Crippen LogP contribution in [0.3, 0.4) is 0 Å². The zero-order chi connectivity index (χ0) is 40.9. The smallest absolute Gasteiger partial charge is 0.407 e. The van der Waals surface area contributed by atoms with E-state index in [0.717, 1.165) is 44.5 Å². The van der Waals surface area contributed by atoms with Crippen molar-refractivity contribution in [1.82, 2.24) is 14.8 Å². The number of benzene rings is 6. The van der Waals surface area contributed by atoms with E-state index in [1.165, 1.54) is 0 Å². The van der Waals surface area contributed by atoms with Crippen LogP contribution in [-0.2, 0) is 24.3 Å². The summed E-state index contributed by atoms with van der Waals surface area (Å²) >= 11 is 0. The van der Waals surface area contributed by atoms with Gasteiger partial charge in [-0.2, -0.15) is 0 Å². The maximum atomic E-state index is 14.7. The first-order valence-electron chi connectivity index (χ1n) is 19.8. The minimum atomic E-state index is -0.648. The van der Waals surface area contributed by atoms with Crippen LogP contribution >= 0.6 is 0 Å². The third kappa shape index (κ3) is 8.89. The molecule has 0 radical (unpaired) electrons. The molecule has 296 valence electrons. The molecule has 59 heavy (non-hydrogen) atoms. The van der Waals surface area contributed by atoms with Crippen molar-refractivity contribution in [3.63, 3.8) is 0 Å². The van der Waals surface area contributed by atoms with Gasteiger partial charge in [0.2, 0.25) is 0 Å². The van der Waals surface area contributed by atoms with Gasteiger partial charge in [0.05, 0.1) is 28.4 Å². The monoisotopic (exact) mass is 782 g/mol. The molecule has 0 spiro atoms. The van der Waals surface area contributed by atoms with Crippen LogP contribution in [0.1, 0.15) is 58.2 Å². The number of carbonyl (C=O) groups excluding carboxylic acids is 3. The fourth-order valence-corrected chi connectivity index (χ4v) is 7.53. The summed E-state index contributed by atoms with van der Waals surface area (Å²) in [5.74, 6) is 0.350. The molecule has 0 fully saturated rings. The Kier molecular flexibility index (Phi) is 11.0. The fraction of sp³-hybridized carbons (Fsp3) is 0.180. The quantitative estimate of drug-likeness (QED) is 0.144. The van der Waals surface area contributed by atoms with E-state index in [0.29, 0.717) is 42.1 Å². The summed E-state index contributed by atoms with van der Waals surface area (Å²) in [6.07, 6.45) is 1.85. The van der Waals surface area contributed by atoms with Gasteiger partial charge in [0.1, 0.15) is 18.0 Å². The number of ether oxygens (including phenoxy) is 2. The van der Waals surface area contributed by atoms with Gasteiger partial charge < -0.3 is 29.6 Å². The Labute approximate surface area is 344 Å². The molecular weight excluding hydrogens is 737 g/mol. The molecule has 1 aliphatic heterocycles. The van der Waals surface area contributed by atoms with Crippen LogP contribution in [0.2, 0.25) is 0 Å². The van der Waals surface area contributed by atoms with E-state index in [-0.39, 0.29) is 24.4 Å². The molecule has 7 aromatic rings. The summed E-state index contributed by atoms with van der Waals surface area (Å²) in [6, 6.07) is 48.7. The Morgan fingerprint density at radius 2 is 1.34 bits per heavy atom. The number of amides is 3. The van der Waals surface area contributed by atoms with Crippen LogP contribution in [0, 0.1) is 0 Å². The van der Waals surface area contributed by atoms with Crippen molar-refractivity contribution in [3.8, 4) is 22.6 Å². The second-order valence-electron chi connectivity index (χ2n) is 15.7. The molecular formula is C50H46N4O5. The second-order valence-corrected chi connectivity index (χ2v) is 15.7. The van der Waals surface area contributed by atoms with Gasteiger partial charge >= 0.3 is 6.09 Å². The van der Waals surface area contributed by atoms with E-state index in [4.69, 9.17) is 9.47 Å². The number of anilines is 1. The summed E-state index contributed by atoms with van der Waals surface area (Å²) < 4.78 is 13.4. The second kappa shape index (κ2) is 16.8. The molecule has 9 heteroatoms. The molecule has 1 atom stereocenters. The van der Waals surface area contributed by atoms with Gasteiger partial charge in [-0.1, -0.05) is 109 Å². The lowest BCUT2D eigenvalue weighted by Crippen LogP contribution is -2.50. The maximum absolute atomic E-state index is 14.7. The van der Waals surface area contributed by atoms with Gasteiger partial charge in [-0.15, -0.1) is 0 Å². The Bertz CT molecular complexity index is 2610. The molecule has 0 saturated carbocycles. The summed E-state index contributed by atoms with van der Waals surface area (Å²) in [4.78, 5) is 43.2. The van der Waals surface area contributed by atoms with Crippen LogP contribution in [0.5, 0.6) is 5.75 Å². The van der Waals surface area contributed by atoms with E-state index in [2.05, 4.69) is 16.7 Å². The normalized spacial score (nSPS) is 13.7. The number of fused-ring (bicyclic) bond motifs is 2. The highest BCUT2D eigenvalue weighted by molar-refractivity contribution is 6.13. The highest BCUT2D eigenvalue weighted by Gasteiger charge is 2.32. The van der Waals surface area contributed by atoms with Crippen molar-refractivity contribution in [3.05, 3.63) is 186 Å². The number of para-hydroxylation sites is 2. The average molecular weight is 783 g/mol. The molecule has 2 heterocycles. The number of nitrogens with one attached hydrogen (secondary N) is 2. The number of nitrogens with zero attached hydrogens (tertiary/aromatic N) is 2. The first-order chi connectivity index (χ1) is 28.6. The number of hydrogen-bond donors (Lipinski definition) is 2. The zero-order valence-electron chi connectivity index (χ0n) is 33.4. The Balaban J connectivity index is 1.01. The fourth-order valence-electron chi connectivity index (χ4n) is 7.53. The Hall–Kier alpha value is -7.13. The predicted octanol–water partition coefficient (Wildman–Crippen LogP) is 10.2. The predicted molar refractivity (Wildman–Crippen MR) is 232 cm³/mol. The number of hydrogen-bond acceptors (Lipinski definition) is 5. The van der Waals surface area contributed by atoms with Gasteiger partial charge in [0.25, 0.3) is 11.8 Å². The Morgan fingerprint density at radius 1 is 0.695 bits per heavy atom. The summed E-state index contributed by atoms with van der Waals surface area (Å²) in [5, 5.41) is 6.73. The molecule has 3 amide bonds. The molecule has 2 N–H and O–H groups in total. The molecule has 8 rings (SSSR count). The molecule has 1 aromatic heterocycles. The number of aromatic nitrogens is 1. The van der Waals surface area contributed by atoms with Crippen LogP contribution in [0.15, 0.2) is 158 Å². The maximum Gasteiger partial charge on any atom is 0.407 e. The molecule has 0 saturated heterocycles. The highest BCUT2D eigenvalue weighted by Crippen LogP contribution is 2.31. The van der Waals surface area contributed by atoms with E-state index in [1.54, 1.807) is 6.20 Å². The molecule has 1 aliphatic rings. The number of alkyl carbamates (subject to hydrolysis) is 1. The summed E-state index contributed by atoms with van der Waals surface area (Å²) in [7, 11) is 0. The van der Waals surface area contributed by atoms with Gasteiger partial charge in [-0.3, -0.25) is 9.59 Å². The minimum absolute atomic E-state index is 0.177. The lowest BCUT2D eigenvalue weighted by atomic mass is 9.93. The number of carbonyl (C=O) groups is 3. The third-order valence-electron chi connectivity index (χ3n) is 10.4. The molecule has 0 aliphatic carbocycles. The standard InChI is InChI=1S/C50H46N4O5/c1-50(2,3)59-49(57)51-30-40-29-37-15-7-8-16-38(37)31-53(40)48(56)43-18-10-12-20-46(43)54-32-44(42-17-9-11-19-45(42)54)47(55)52-39-25-21-35(22-26-39)36-23-27-41(28-24-36)58-33-34-13-5-4-6-14-34/h4-28,32,40H,29-31,33H2,1-3H3,(H,51,57)(H,52,55)/t40-/m0/s1. The van der Waals surface area contributed by atoms with Gasteiger partial charge in [0, 0.05) is 30.4 Å². The highest BCUT2D eigenvalue weighted by atomic mass is 16.6. The van der Waals surface area contributed by atoms with Crippen molar-refractivity contribution in [2.45, 2.75) is 52.0 Å². The van der Waals surface area contributed by atoms with E-state index >= 15 is 0 Å². The van der Waals surface area contributed by atoms with Crippen molar-refractivity contribution >= 4 is 34.5 Å². The average Bonchev–Trinajstić information content (AvgIpc) is 3.64. The first-order valence-corrected chi connectivity index (χ1v) is 19.8. The Morgan fingerprint density at radius 3 is 2.08 bits per heavy atom. The van der Waals surface area contributed by atoms with Crippen LogP contribution < -0.4 is 15.4 Å². The van der Waals surface area contributed by atoms with Crippen LogP contribution in [0.25, 0.3) is 27.7 Å². The topological polar surface area (TPSA) is 102 Å². The molecule has 6 aromatic carbocycles. The lowest BCUT2D eigenvalue weighted by molar-refractivity contribution is 0.0474. The minimum Gasteiger partial charge on any atom is -0.489 e. The van der Waals surface area contributed by atoms with Crippen molar-refractivity contribution in [1.29, 1.82) is 0 Å². The number of rotatable bonds is 10. The lowest BCUT2D eigenvalue weighted by Gasteiger charge is -2.37. The van der Waals surface area contributed by atoms with Gasteiger partial charge in [0.15, 0.2) is 0 Å². The van der Waals surface area contributed by atoms with Gasteiger partial charge in [-0.25, -0.2) is 4.79 Å². The van der Waals surface area contributed by atoms with Crippen LogP contribution in [-0.4, -0.2) is 45.6 Å². The molecule has 0 unspecified atom stereocenters. The zero-order valence-corrected chi connectivity index (χ0v) is 33.4. The van der Waals surface area contributed by atoms with Crippen molar-refractivity contribution in [2.24, 2.45) is 0 Å². The summed E-state index contributed by atoms with van der Waals surface area (Å²) in [5.41, 5.74) is 7.75. The largest absolute Gasteiger partial charge is 0.489 e. The SMILES string of the molecule is CC(C)(C)OC(=O)NC[C@@H]1Cc2ccccc2CN1C(=O)c1ccccc1-n1cc(C(=O)Nc2ccc(-c3ccc(OCc4ccccc4)cc3)cc2)c2ccccc21. The third-order valence-corrected chi connectivity index (χ3v) is 10.4. The van der Waals surface area contributed by atoms with Gasteiger partial charge in [-0.05, 0) is 97.5 Å². The molecule has 0 bridgehead atoms. The van der Waals surface area contributed by atoms with Crippen molar-refractivity contribution in [2.75, 3.05) is 11.9 Å².